The Labute approximate surface area is 143 Å². The zero-order valence-electron chi connectivity index (χ0n) is 12.9. The van der Waals surface area contributed by atoms with Crippen molar-refractivity contribution in [2.24, 2.45) is 0 Å². The number of rotatable bonds is 6. The van der Waals surface area contributed by atoms with E-state index in [9.17, 15) is 12.8 Å². The third kappa shape index (κ3) is 3.72. The second-order valence-electron chi connectivity index (χ2n) is 5.21. The number of thiophene rings is 1. The fourth-order valence-corrected chi connectivity index (χ4v) is 4.65. The molecule has 0 saturated carbocycles. The first-order chi connectivity index (χ1) is 11.5. The molecule has 2 N–H and O–H groups in total. The molecule has 0 aliphatic rings. The van der Waals surface area contributed by atoms with Crippen LogP contribution in [0.15, 0.2) is 46.8 Å². The van der Waals surface area contributed by atoms with Crippen molar-refractivity contribution in [3.8, 4) is 0 Å². The summed E-state index contributed by atoms with van der Waals surface area (Å²) in [6.07, 6.45) is 1.59. The lowest BCUT2D eigenvalue weighted by atomic mass is 10.2. The quantitative estimate of drug-likeness (QED) is 0.659. The Bertz CT molecular complexity index is 970. The number of fused-ring (bicyclic) bond motifs is 1. The van der Waals surface area contributed by atoms with Gasteiger partial charge >= 0.3 is 0 Å². The number of nitrogens with one attached hydrogen (secondary N) is 2. The molecule has 1 aromatic carbocycles. The zero-order chi connectivity index (χ0) is 17.2. The average Bonchev–Trinajstić information content (AvgIpc) is 2.99. The molecule has 0 fully saturated rings. The van der Waals surface area contributed by atoms with Crippen LogP contribution in [-0.4, -0.2) is 26.5 Å². The number of pyridine rings is 1. The molecular weight excluding hydrogens is 349 g/mol. The number of sulfonamides is 1. The Hall–Kier alpha value is -2.03. The zero-order valence-corrected chi connectivity index (χ0v) is 14.5. The summed E-state index contributed by atoms with van der Waals surface area (Å²) < 4.78 is 40.4. The van der Waals surface area contributed by atoms with Gasteiger partial charge in [-0.2, -0.15) is 0 Å². The Kier molecular flexibility index (Phi) is 4.79. The van der Waals surface area contributed by atoms with Crippen LogP contribution in [0.4, 0.5) is 10.1 Å². The SMILES string of the molecule is Cc1ccc(S(=O)(=O)NCCNc2ccnc3cc(F)ccc23)s1. The van der Waals surface area contributed by atoms with E-state index in [0.29, 0.717) is 16.3 Å². The molecule has 0 spiro atoms. The Morgan fingerprint density at radius 3 is 2.75 bits per heavy atom. The summed E-state index contributed by atoms with van der Waals surface area (Å²) in [4.78, 5) is 5.07. The van der Waals surface area contributed by atoms with Crippen LogP contribution < -0.4 is 10.0 Å². The van der Waals surface area contributed by atoms with Gasteiger partial charge in [0.15, 0.2) is 0 Å². The van der Waals surface area contributed by atoms with Crippen LogP contribution in [0.25, 0.3) is 10.9 Å². The summed E-state index contributed by atoms with van der Waals surface area (Å²) in [7, 11) is -3.48. The largest absolute Gasteiger partial charge is 0.383 e. The van der Waals surface area contributed by atoms with Crippen LogP contribution in [0.3, 0.4) is 0 Å². The van der Waals surface area contributed by atoms with Crippen molar-refractivity contribution in [2.45, 2.75) is 11.1 Å². The maximum absolute atomic E-state index is 13.2. The summed E-state index contributed by atoms with van der Waals surface area (Å²) in [5.41, 5.74) is 1.33. The molecule has 2 aromatic heterocycles. The Morgan fingerprint density at radius 1 is 1.17 bits per heavy atom. The molecule has 0 amide bonds. The minimum Gasteiger partial charge on any atom is -0.383 e. The molecule has 0 aliphatic carbocycles. The highest BCUT2D eigenvalue weighted by atomic mass is 32.2. The number of hydrogen-bond acceptors (Lipinski definition) is 5. The van der Waals surface area contributed by atoms with Gasteiger partial charge < -0.3 is 5.32 Å². The van der Waals surface area contributed by atoms with E-state index >= 15 is 0 Å². The molecule has 0 bridgehead atoms. The monoisotopic (exact) mass is 365 g/mol. The number of aryl methyl sites for hydroxylation is 1. The van der Waals surface area contributed by atoms with Crippen molar-refractivity contribution in [2.75, 3.05) is 18.4 Å². The first kappa shape index (κ1) is 16.8. The molecule has 3 aromatic rings. The van der Waals surface area contributed by atoms with Crippen LogP contribution >= 0.6 is 11.3 Å². The van der Waals surface area contributed by atoms with Crippen molar-refractivity contribution >= 4 is 38.0 Å². The number of benzene rings is 1. The molecule has 0 aliphatic heterocycles. The number of aromatic nitrogens is 1. The van der Waals surface area contributed by atoms with Crippen LogP contribution in [0, 0.1) is 12.7 Å². The molecular formula is C16H16FN3O2S2. The van der Waals surface area contributed by atoms with Crippen molar-refractivity contribution in [3.63, 3.8) is 0 Å². The highest BCUT2D eigenvalue weighted by Crippen LogP contribution is 2.22. The smallest absolute Gasteiger partial charge is 0.250 e. The van der Waals surface area contributed by atoms with Gasteiger partial charge in [-0.1, -0.05) is 0 Å². The van der Waals surface area contributed by atoms with E-state index in [0.717, 1.165) is 16.0 Å². The summed E-state index contributed by atoms with van der Waals surface area (Å²) in [6, 6.07) is 9.54. The molecule has 3 rings (SSSR count). The van der Waals surface area contributed by atoms with Gasteiger partial charge in [-0.3, -0.25) is 4.98 Å². The molecule has 0 unspecified atom stereocenters. The van der Waals surface area contributed by atoms with Crippen molar-refractivity contribution < 1.29 is 12.8 Å². The second-order valence-corrected chi connectivity index (χ2v) is 8.49. The van der Waals surface area contributed by atoms with Crippen LogP contribution in [0.5, 0.6) is 0 Å². The summed E-state index contributed by atoms with van der Waals surface area (Å²) in [5, 5.41) is 3.94. The normalized spacial score (nSPS) is 11.8. The lowest BCUT2D eigenvalue weighted by molar-refractivity contribution is 0.585. The van der Waals surface area contributed by atoms with E-state index in [4.69, 9.17) is 0 Å². The third-order valence-corrected chi connectivity index (χ3v) is 6.37. The summed E-state index contributed by atoms with van der Waals surface area (Å²) in [6.45, 7) is 2.51. The fourth-order valence-electron chi connectivity index (χ4n) is 2.29. The van der Waals surface area contributed by atoms with E-state index in [2.05, 4.69) is 15.0 Å². The molecule has 24 heavy (non-hydrogen) atoms. The number of anilines is 1. The van der Waals surface area contributed by atoms with Gasteiger partial charge in [0.05, 0.1) is 5.52 Å². The van der Waals surface area contributed by atoms with Crippen LogP contribution in [-0.2, 0) is 10.0 Å². The van der Waals surface area contributed by atoms with E-state index in [1.165, 1.54) is 23.5 Å². The Balaban J connectivity index is 1.63. The van der Waals surface area contributed by atoms with Gasteiger partial charge in [0.25, 0.3) is 0 Å². The second kappa shape index (κ2) is 6.84. The van der Waals surface area contributed by atoms with Crippen molar-refractivity contribution in [3.05, 3.63) is 53.3 Å². The van der Waals surface area contributed by atoms with Gasteiger partial charge in [-0.05, 0) is 37.3 Å². The molecule has 2 heterocycles. The minimum atomic E-state index is -3.48. The molecule has 8 heteroatoms. The summed E-state index contributed by atoms with van der Waals surface area (Å²) in [5.74, 6) is -0.342. The molecule has 126 valence electrons. The topological polar surface area (TPSA) is 71.1 Å². The van der Waals surface area contributed by atoms with E-state index in [1.54, 1.807) is 30.5 Å². The van der Waals surface area contributed by atoms with E-state index in [1.807, 2.05) is 6.92 Å². The number of halogens is 1. The highest BCUT2D eigenvalue weighted by molar-refractivity contribution is 7.91. The van der Waals surface area contributed by atoms with Crippen molar-refractivity contribution in [1.82, 2.24) is 9.71 Å². The number of nitrogens with zero attached hydrogens (tertiary/aromatic N) is 1. The third-order valence-electron chi connectivity index (χ3n) is 3.42. The lowest BCUT2D eigenvalue weighted by Gasteiger charge is -2.10. The number of hydrogen-bond donors (Lipinski definition) is 2. The standard InChI is InChI=1S/C16H16FN3O2S2/c1-11-2-5-16(23-11)24(21,22)20-9-8-19-14-6-7-18-15-10-12(17)3-4-13(14)15/h2-7,10,20H,8-9H2,1H3,(H,18,19). The maximum atomic E-state index is 13.2. The minimum absolute atomic E-state index is 0.240. The van der Waals surface area contributed by atoms with Crippen LogP contribution in [0.2, 0.25) is 0 Å². The first-order valence-corrected chi connectivity index (χ1v) is 9.60. The van der Waals surface area contributed by atoms with E-state index in [-0.39, 0.29) is 12.4 Å². The van der Waals surface area contributed by atoms with Gasteiger partial charge in [0, 0.05) is 41.3 Å². The Morgan fingerprint density at radius 2 is 2.00 bits per heavy atom. The van der Waals surface area contributed by atoms with Gasteiger partial charge in [-0.15, -0.1) is 11.3 Å². The van der Waals surface area contributed by atoms with Gasteiger partial charge in [-0.25, -0.2) is 17.5 Å². The van der Waals surface area contributed by atoms with Crippen molar-refractivity contribution in [1.29, 1.82) is 0 Å². The molecule has 0 atom stereocenters. The first-order valence-electron chi connectivity index (χ1n) is 7.30. The predicted molar refractivity (Wildman–Crippen MR) is 94.4 cm³/mol. The van der Waals surface area contributed by atoms with Gasteiger partial charge in [0.2, 0.25) is 10.0 Å². The fraction of sp³-hybridized carbons (Fsp3) is 0.188. The van der Waals surface area contributed by atoms with Gasteiger partial charge in [0.1, 0.15) is 10.0 Å². The predicted octanol–water partition coefficient (Wildman–Crippen LogP) is 3.13. The molecule has 0 saturated heterocycles. The highest BCUT2D eigenvalue weighted by Gasteiger charge is 2.15. The molecule has 5 nitrogen and oxygen atoms in total. The summed E-state index contributed by atoms with van der Waals surface area (Å²) >= 11 is 1.24. The van der Waals surface area contributed by atoms with E-state index < -0.39 is 10.0 Å². The maximum Gasteiger partial charge on any atom is 0.250 e. The van der Waals surface area contributed by atoms with Crippen LogP contribution in [0.1, 0.15) is 4.88 Å². The average molecular weight is 365 g/mol. The lowest BCUT2D eigenvalue weighted by Crippen LogP contribution is -2.28. The molecule has 0 radical (unpaired) electrons.